The van der Waals surface area contributed by atoms with Crippen molar-refractivity contribution < 1.29 is 33.6 Å². The van der Waals surface area contributed by atoms with Crippen molar-refractivity contribution in [1.29, 1.82) is 0 Å². The number of hydrogen-bond donors (Lipinski definition) is 2. The van der Waals surface area contributed by atoms with Crippen LogP contribution in [0.4, 0.5) is 4.39 Å². The monoisotopic (exact) mass is 547 g/mol. The second kappa shape index (κ2) is 10.4. The molecule has 3 aliphatic rings. The molecule has 2 N–H and O–H groups in total. The van der Waals surface area contributed by atoms with Crippen LogP contribution in [0.3, 0.4) is 0 Å². The third kappa shape index (κ3) is 5.50. The largest absolute Gasteiger partial charge is 0.493 e. The summed E-state index contributed by atoms with van der Waals surface area (Å²) in [5, 5.41) is 19.2. The molecule has 40 heavy (non-hydrogen) atoms. The standard InChI is InChI=1S/C32H34FNO6/c1-32(2,37)13-3-4-18-5-12-29(34-16-18)40-26-11-9-25(33)30-21(26)8-10-27(30)39-19-6-7-20-24(17-38-28(20)14-19)22-15-23(22)31(35)36/h5-7,9,11-12,14,16,22-24,27,37H,3-4,8,10,13,15,17H2,1-2H3,(H,35,36). The smallest absolute Gasteiger partial charge is 0.306 e. The van der Waals surface area contributed by atoms with Gasteiger partial charge in [-0.3, -0.25) is 4.79 Å². The Morgan fingerprint density at radius 1 is 1.20 bits per heavy atom. The molecule has 1 aromatic heterocycles. The van der Waals surface area contributed by atoms with Crippen molar-refractivity contribution in [2.24, 2.45) is 11.8 Å². The fourth-order valence-electron chi connectivity index (χ4n) is 6.06. The van der Waals surface area contributed by atoms with E-state index in [-0.39, 0.29) is 23.6 Å². The highest BCUT2D eigenvalue weighted by atomic mass is 19.1. The van der Waals surface area contributed by atoms with Gasteiger partial charge in [-0.2, -0.15) is 0 Å². The van der Waals surface area contributed by atoms with Crippen molar-refractivity contribution in [3.8, 4) is 23.1 Å². The van der Waals surface area contributed by atoms with Crippen LogP contribution in [0.25, 0.3) is 0 Å². The number of nitrogens with zero attached hydrogens (tertiary/aromatic N) is 1. The lowest BCUT2D eigenvalue weighted by Crippen LogP contribution is -2.18. The van der Waals surface area contributed by atoms with Crippen LogP contribution in [0.15, 0.2) is 48.7 Å². The SMILES string of the molecule is CC(C)(O)CCCc1ccc(Oc2ccc(F)c3c2CCC3Oc2ccc3c(c2)OCC3C2CC2C(=O)O)nc1. The molecule has 1 fully saturated rings. The summed E-state index contributed by atoms with van der Waals surface area (Å²) in [5.41, 5.74) is 2.69. The zero-order valence-electron chi connectivity index (χ0n) is 22.7. The lowest BCUT2D eigenvalue weighted by Gasteiger charge is -2.17. The van der Waals surface area contributed by atoms with Gasteiger partial charge < -0.3 is 24.4 Å². The van der Waals surface area contributed by atoms with Crippen molar-refractivity contribution in [2.45, 2.75) is 70.0 Å². The number of aryl methyl sites for hydroxylation is 1. The second-order valence-corrected chi connectivity index (χ2v) is 11.8. The van der Waals surface area contributed by atoms with E-state index in [9.17, 15) is 15.0 Å². The maximum Gasteiger partial charge on any atom is 0.306 e. The van der Waals surface area contributed by atoms with Crippen molar-refractivity contribution in [1.82, 2.24) is 4.98 Å². The van der Waals surface area contributed by atoms with Crippen LogP contribution in [0.2, 0.25) is 0 Å². The number of aliphatic hydroxyl groups is 1. The highest BCUT2D eigenvalue weighted by Gasteiger charge is 2.50. The van der Waals surface area contributed by atoms with Crippen LogP contribution < -0.4 is 14.2 Å². The first-order chi connectivity index (χ1) is 19.2. The summed E-state index contributed by atoms with van der Waals surface area (Å²) in [6.07, 6.45) is 5.63. The summed E-state index contributed by atoms with van der Waals surface area (Å²) in [6, 6.07) is 12.5. The van der Waals surface area contributed by atoms with E-state index in [0.717, 1.165) is 29.5 Å². The summed E-state index contributed by atoms with van der Waals surface area (Å²) in [6.45, 7) is 4.09. The maximum atomic E-state index is 15.0. The van der Waals surface area contributed by atoms with E-state index >= 15 is 4.39 Å². The molecule has 4 unspecified atom stereocenters. The second-order valence-electron chi connectivity index (χ2n) is 11.8. The summed E-state index contributed by atoms with van der Waals surface area (Å²) in [5.74, 6) is 1.16. The number of pyridine rings is 1. The van der Waals surface area contributed by atoms with Gasteiger partial charge in [0, 0.05) is 40.9 Å². The first-order valence-corrected chi connectivity index (χ1v) is 14.0. The van der Waals surface area contributed by atoms with Gasteiger partial charge >= 0.3 is 5.97 Å². The number of ether oxygens (including phenoxy) is 3. The van der Waals surface area contributed by atoms with Gasteiger partial charge in [-0.25, -0.2) is 9.37 Å². The Morgan fingerprint density at radius 3 is 2.77 bits per heavy atom. The lowest BCUT2D eigenvalue weighted by atomic mass is 9.95. The number of carboxylic acids is 1. The molecule has 3 aromatic rings. The Bertz CT molecular complexity index is 1420. The topological polar surface area (TPSA) is 98.1 Å². The molecule has 1 saturated carbocycles. The number of rotatable bonds is 10. The van der Waals surface area contributed by atoms with Gasteiger partial charge in [0.25, 0.3) is 0 Å². The van der Waals surface area contributed by atoms with Gasteiger partial charge in [-0.15, -0.1) is 0 Å². The minimum absolute atomic E-state index is 0.0878. The molecule has 0 amide bonds. The summed E-state index contributed by atoms with van der Waals surface area (Å²) >= 11 is 0. The van der Waals surface area contributed by atoms with E-state index in [1.807, 2.05) is 44.2 Å². The molecule has 0 spiro atoms. The average Bonchev–Trinajstić information content (AvgIpc) is 3.42. The van der Waals surface area contributed by atoms with Crippen molar-refractivity contribution in [2.75, 3.05) is 6.61 Å². The van der Waals surface area contributed by atoms with Crippen molar-refractivity contribution in [3.63, 3.8) is 0 Å². The molecule has 2 aliphatic carbocycles. The first kappa shape index (κ1) is 26.6. The van der Waals surface area contributed by atoms with Gasteiger partial charge in [-0.05, 0) is 82.1 Å². The number of fused-ring (bicyclic) bond motifs is 2. The quantitative estimate of drug-likeness (QED) is 0.304. The average molecular weight is 548 g/mol. The first-order valence-electron chi connectivity index (χ1n) is 14.0. The van der Waals surface area contributed by atoms with Crippen LogP contribution in [0.1, 0.15) is 73.8 Å². The molecule has 2 aromatic carbocycles. The predicted molar refractivity (Wildman–Crippen MR) is 146 cm³/mol. The molecule has 0 saturated heterocycles. The van der Waals surface area contributed by atoms with E-state index < -0.39 is 17.7 Å². The number of aliphatic carboxylic acids is 1. The van der Waals surface area contributed by atoms with Crippen molar-refractivity contribution in [3.05, 3.63) is 76.7 Å². The number of aromatic nitrogens is 1. The Kier molecular flexibility index (Phi) is 6.90. The lowest BCUT2D eigenvalue weighted by molar-refractivity contribution is -0.138. The normalized spacial score (nSPS) is 22.8. The number of halogens is 1. The van der Waals surface area contributed by atoms with Gasteiger partial charge in [0.05, 0.1) is 18.1 Å². The van der Waals surface area contributed by atoms with E-state index in [4.69, 9.17) is 14.2 Å². The molecule has 8 heteroatoms. The molecule has 7 nitrogen and oxygen atoms in total. The van der Waals surface area contributed by atoms with Gasteiger partial charge in [-0.1, -0.05) is 12.1 Å². The number of hydrogen-bond acceptors (Lipinski definition) is 6. The molecule has 6 rings (SSSR count). The Balaban J connectivity index is 1.12. The summed E-state index contributed by atoms with van der Waals surface area (Å²) in [4.78, 5) is 15.7. The van der Waals surface area contributed by atoms with Gasteiger partial charge in [0.2, 0.25) is 5.88 Å². The molecular formula is C32H34FNO6. The summed E-state index contributed by atoms with van der Waals surface area (Å²) < 4.78 is 33.3. The van der Waals surface area contributed by atoms with E-state index in [1.54, 1.807) is 12.3 Å². The molecule has 210 valence electrons. The molecule has 1 aliphatic heterocycles. The molecule has 4 atom stereocenters. The van der Waals surface area contributed by atoms with Crippen LogP contribution in [0.5, 0.6) is 23.1 Å². The number of carbonyl (C=O) groups is 1. The number of benzene rings is 2. The van der Waals surface area contributed by atoms with E-state index in [0.29, 0.717) is 61.0 Å². The Hall–Kier alpha value is -3.65. The Morgan fingerprint density at radius 2 is 2.05 bits per heavy atom. The summed E-state index contributed by atoms with van der Waals surface area (Å²) in [7, 11) is 0. The highest BCUT2D eigenvalue weighted by molar-refractivity contribution is 5.74. The third-order valence-corrected chi connectivity index (χ3v) is 8.26. The molecule has 2 heterocycles. The highest BCUT2D eigenvalue weighted by Crippen LogP contribution is 2.53. The van der Waals surface area contributed by atoms with Crippen LogP contribution in [-0.2, 0) is 17.6 Å². The minimum Gasteiger partial charge on any atom is -0.493 e. The number of carboxylic acid groups (broad SMARTS) is 1. The van der Waals surface area contributed by atoms with Crippen molar-refractivity contribution >= 4 is 5.97 Å². The molecular weight excluding hydrogens is 513 g/mol. The van der Waals surface area contributed by atoms with Crippen LogP contribution >= 0.6 is 0 Å². The zero-order valence-corrected chi connectivity index (χ0v) is 22.7. The maximum absolute atomic E-state index is 15.0. The predicted octanol–water partition coefficient (Wildman–Crippen LogP) is 6.37. The van der Waals surface area contributed by atoms with Crippen LogP contribution in [0, 0.1) is 17.7 Å². The fourth-order valence-corrected chi connectivity index (χ4v) is 6.06. The third-order valence-electron chi connectivity index (χ3n) is 8.26. The Labute approximate surface area is 232 Å². The molecule has 0 radical (unpaired) electrons. The zero-order chi connectivity index (χ0) is 28.0. The molecule has 0 bridgehead atoms. The van der Waals surface area contributed by atoms with Gasteiger partial charge in [0.1, 0.15) is 29.2 Å². The van der Waals surface area contributed by atoms with Gasteiger partial charge in [0.15, 0.2) is 0 Å². The fraction of sp³-hybridized carbons (Fsp3) is 0.438. The van der Waals surface area contributed by atoms with Crippen LogP contribution in [-0.4, -0.2) is 33.4 Å². The van der Waals surface area contributed by atoms with E-state index in [1.165, 1.54) is 6.07 Å². The van der Waals surface area contributed by atoms with E-state index in [2.05, 4.69) is 4.98 Å². The minimum atomic E-state index is -0.741.